The van der Waals surface area contributed by atoms with Crippen molar-refractivity contribution in [2.24, 2.45) is 0 Å². The molecule has 0 amide bonds. The number of benzene rings is 4. The van der Waals surface area contributed by atoms with Crippen LogP contribution in [0.2, 0.25) is 0 Å². The average molecular weight is 555 g/mol. The second kappa shape index (κ2) is 16.2. The molecule has 0 unspecified atom stereocenters. The first-order valence-electron chi connectivity index (χ1n) is 14.1. The molecule has 1 heterocycles. The van der Waals surface area contributed by atoms with Gasteiger partial charge in [0.2, 0.25) is 0 Å². The molecule has 0 N–H and O–H groups in total. The van der Waals surface area contributed by atoms with Gasteiger partial charge in [-0.25, -0.2) is 0 Å². The number of hydrogen-bond acceptors (Lipinski definition) is 6. The molecule has 4 aromatic carbocycles. The van der Waals surface area contributed by atoms with Crippen LogP contribution in [0.15, 0.2) is 121 Å². The predicted molar refractivity (Wildman–Crippen MR) is 157 cm³/mol. The van der Waals surface area contributed by atoms with Crippen molar-refractivity contribution in [2.45, 2.75) is 50.8 Å². The van der Waals surface area contributed by atoms with Gasteiger partial charge in [0, 0.05) is 0 Å². The molecule has 0 spiro atoms. The van der Waals surface area contributed by atoms with Crippen LogP contribution in [0, 0.1) is 0 Å². The minimum absolute atomic E-state index is 0.0924. The molecular formula is C35H38O6. The van der Waals surface area contributed by atoms with Crippen molar-refractivity contribution < 1.29 is 28.4 Å². The topological polar surface area (TPSA) is 55.4 Å². The Morgan fingerprint density at radius 1 is 0.439 bits per heavy atom. The Kier molecular flexibility index (Phi) is 11.5. The fraction of sp³-hybridized carbons (Fsp3) is 0.314. The fourth-order valence-corrected chi connectivity index (χ4v) is 4.78. The molecule has 4 atom stereocenters. The molecule has 1 saturated heterocycles. The van der Waals surface area contributed by atoms with Gasteiger partial charge in [0.15, 0.2) is 0 Å². The summed E-state index contributed by atoms with van der Waals surface area (Å²) in [4.78, 5) is 0. The van der Waals surface area contributed by atoms with Gasteiger partial charge in [-0.15, -0.1) is 0 Å². The van der Waals surface area contributed by atoms with Gasteiger partial charge in [-0.05, 0) is 22.3 Å². The highest BCUT2D eigenvalue weighted by molar-refractivity contribution is 5.16. The van der Waals surface area contributed by atoms with Crippen LogP contribution in [0.25, 0.3) is 0 Å². The van der Waals surface area contributed by atoms with Crippen molar-refractivity contribution in [2.75, 3.05) is 20.0 Å². The standard InChI is InChI=1S/C35H38O6/c1-5-13-28(14-6-1)21-36-25-32-34(38-23-30-17-9-3-10-18-30)35(39-24-31-19-11-4-12-20-31)33(41-27-40-32)26-37-22-29-15-7-2-8-16-29/h1-20,32-35H,21-27H2/t32-,33-,34-,35-/m0/s1. The molecule has 0 aromatic heterocycles. The SMILES string of the molecule is c1ccc(COC[C@@H]2OCO[C@@H](COCc3ccccc3)[C@H](OCc3ccccc3)[C@H]2OCc2ccccc2)cc1. The third-order valence-electron chi connectivity index (χ3n) is 6.98. The summed E-state index contributed by atoms with van der Waals surface area (Å²) in [5.74, 6) is 0. The van der Waals surface area contributed by atoms with Crippen molar-refractivity contribution in [3.05, 3.63) is 144 Å². The Bertz CT molecular complexity index is 1140. The zero-order valence-corrected chi connectivity index (χ0v) is 23.3. The lowest BCUT2D eigenvalue weighted by molar-refractivity contribution is -0.159. The van der Waals surface area contributed by atoms with E-state index in [1.807, 2.05) is 97.1 Å². The summed E-state index contributed by atoms with van der Waals surface area (Å²) in [6.07, 6.45) is -1.71. The van der Waals surface area contributed by atoms with E-state index in [1.165, 1.54) is 0 Å². The van der Waals surface area contributed by atoms with Crippen LogP contribution < -0.4 is 0 Å². The van der Waals surface area contributed by atoms with E-state index in [4.69, 9.17) is 28.4 Å². The number of ether oxygens (including phenoxy) is 6. The third-order valence-corrected chi connectivity index (χ3v) is 6.98. The summed E-state index contributed by atoms with van der Waals surface area (Å²) in [5, 5.41) is 0. The van der Waals surface area contributed by atoms with Gasteiger partial charge in [0.25, 0.3) is 0 Å². The monoisotopic (exact) mass is 554 g/mol. The van der Waals surface area contributed by atoms with Gasteiger partial charge in [-0.1, -0.05) is 121 Å². The highest BCUT2D eigenvalue weighted by Crippen LogP contribution is 2.25. The molecule has 1 fully saturated rings. The summed E-state index contributed by atoms with van der Waals surface area (Å²) in [7, 11) is 0. The molecule has 41 heavy (non-hydrogen) atoms. The van der Waals surface area contributed by atoms with E-state index in [0.717, 1.165) is 22.3 Å². The fourth-order valence-electron chi connectivity index (χ4n) is 4.78. The molecule has 5 rings (SSSR count). The highest BCUT2D eigenvalue weighted by Gasteiger charge is 2.41. The van der Waals surface area contributed by atoms with Gasteiger partial charge >= 0.3 is 0 Å². The van der Waals surface area contributed by atoms with E-state index in [9.17, 15) is 0 Å². The number of rotatable bonds is 14. The lowest BCUT2D eigenvalue weighted by Gasteiger charge is -2.33. The van der Waals surface area contributed by atoms with Crippen molar-refractivity contribution in [3.63, 3.8) is 0 Å². The molecule has 6 nitrogen and oxygen atoms in total. The second-order valence-corrected chi connectivity index (χ2v) is 10.1. The molecule has 4 aromatic rings. The molecule has 0 radical (unpaired) electrons. The van der Waals surface area contributed by atoms with E-state index in [1.54, 1.807) is 0 Å². The van der Waals surface area contributed by atoms with Gasteiger partial charge in [0.1, 0.15) is 31.2 Å². The van der Waals surface area contributed by atoms with Crippen molar-refractivity contribution in [1.29, 1.82) is 0 Å². The normalized spacial score (nSPS) is 20.9. The minimum atomic E-state index is -0.456. The van der Waals surface area contributed by atoms with Crippen LogP contribution in [0.1, 0.15) is 22.3 Å². The molecule has 214 valence electrons. The highest BCUT2D eigenvalue weighted by atomic mass is 16.7. The van der Waals surface area contributed by atoms with Crippen molar-refractivity contribution in [3.8, 4) is 0 Å². The molecule has 0 bridgehead atoms. The first kappa shape index (κ1) is 29.1. The first-order valence-corrected chi connectivity index (χ1v) is 14.1. The van der Waals surface area contributed by atoms with Crippen molar-refractivity contribution in [1.82, 2.24) is 0 Å². The van der Waals surface area contributed by atoms with E-state index < -0.39 is 24.4 Å². The Morgan fingerprint density at radius 3 is 1.10 bits per heavy atom. The maximum absolute atomic E-state index is 6.59. The molecule has 0 saturated carbocycles. The zero-order valence-electron chi connectivity index (χ0n) is 23.3. The van der Waals surface area contributed by atoms with E-state index in [-0.39, 0.29) is 6.79 Å². The zero-order chi connectivity index (χ0) is 28.0. The lowest BCUT2D eigenvalue weighted by Crippen LogP contribution is -2.49. The van der Waals surface area contributed by atoms with Crippen LogP contribution in [0.4, 0.5) is 0 Å². The Hall–Kier alpha value is -3.36. The van der Waals surface area contributed by atoms with E-state index in [0.29, 0.717) is 39.6 Å². The summed E-state index contributed by atoms with van der Waals surface area (Å²) in [6, 6.07) is 40.5. The molecule has 0 aliphatic carbocycles. The van der Waals surface area contributed by atoms with Crippen LogP contribution in [0.3, 0.4) is 0 Å². The second-order valence-electron chi connectivity index (χ2n) is 10.1. The average Bonchev–Trinajstić information content (AvgIpc) is 3.19. The van der Waals surface area contributed by atoms with E-state index >= 15 is 0 Å². The molecular weight excluding hydrogens is 516 g/mol. The van der Waals surface area contributed by atoms with Crippen LogP contribution in [-0.4, -0.2) is 44.4 Å². The van der Waals surface area contributed by atoms with Crippen LogP contribution >= 0.6 is 0 Å². The van der Waals surface area contributed by atoms with E-state index in [2.05, 4.69) is 24.3 Å². The van der Waals surface area contributed by atoms with Crippen LogP contribution in [0.5, 0.6) is 0 Å². The Morgan fingerprint density at radius 2 is 0.756 bits per heavy atom. The maximum Gasteiger partial charge on any atom is 0.147 e. The lowest BCUT2D eigenvalue weighted by atomic mass is 10.0. The molecule has 1 aliphatic heterocycles. The summed E-state index contributed by atoms with van der Waals surface area (Å²) >= 11 is 0. The quantitative estimate of drug-likeness (QED) is 0.182. The first-order chi connectivity index (χ1) is 20.3. The molecule has 1 aliphatic rings. The van der Waals surface area contributed by atoms with Gasteiger partial charge < -0.3 is 28.4 Å². The maximum atomic E-state index is 6.59. The summed E-state index contributed by atoms with van der Waals surface area (Å²) < 4.78 is 37.9. The van der Waals surface area contributed by atoms with Gasteiger partial charge in [-0.2, -0.15) is 0 Å². The number of hydrogen-bond donors (Lipinski definition) is 0. The van der Waals surface area contributed by atoms with Crippen LogP contribution in [-0.2, 0) is 54.8 Å². The predicted octanol–water partition coefficient (Wildman–Crippen LogP) is 6.33. The molecule has 6 heteroatoms. The van der Waals surface area contributed by atoms with Gasteiger partial charge in [0.05, 0.1) is 39.6 Å². The summed E-state index contributed by atoms with van der Waals surface area (Å²) in [5.41, 5.74) is 4.34. The Labute approximate surface area is 242 Å². The largest absolute Gasteiger partial charge is 0.374 e. The Balaban J connectivity index is 1.33. The van der Waals surface area contributed by atoms with Gasteiger partial charge in [-0.3, -0.25) is 0 Å². The third kappa shape index (κ3) is 9.33. The minimum Gasteiger partial charge on any atom is -0.374 e. The smallest absolute Gasteiger partial charge is 0.147 e. The van der Waals surface area contributed by atoms with Crippen molar-refractivity contribution >= 4 is 0 Å². The summed E-state index contributed by atoms with van der Waals surface area (Å²) in [6.45, 7) is 2.54.